The van der Waals surface area contributed by atoms with Crippen molar-refractivity contribution in [2.45, 2.75) is 0 Å². The zero-order chi connectivity index (χ0) is 88.9. The Labute approximate surface area is 774 Å². The fourth-order valence-corrected chi connectivity index (χ4v) is 17.3. The Balaban J connectivity index is 0.000000101. The van der Waals surface area contributed by atoms with Gasteiger partial charge in [0.2, 0.25) is 0 Å². The molecule has 0 heterocycles. The minimum absolute atomic E-state index is 1.26. The van der Waals surface area contributed by atoms with Crippen LogP contribution in [0, 0.1) is 0 Å². The van der Waals surface area contributed by atoms with Gasteiger partial charge in [-0.25, -0.2) is 0 Å². The van der Waals surface area contributed by atoms with Gasteiger partial charge in [-0.3, -0.25) is 0 Å². The number of hydrogen-bond donors (Lipinski definition) is 0. The largest absolute Gasteiger partial charge is 0.0622 e. The number of fused-ring (bicyclic) bond motifs is 13. The topological polar surface area (TPSA) is 0 Å². The predicted molar refractivity (Wildman–Crippen MR) is 573 cm³/mol. The van der Waals surface area contributed by atoms with E-state index in [0.29, 0.717) is 0 Å². The molecule has 0 nitrogen and oxygen atoms in total. The molecule has 0 unspecified atom stereocenters. The van der Waals surface area contributed by atoms with Gasteiger partial charge in [-0.2, -0.15) is 0 Å². The molecule has 0 N–H and O–H groups in total. The molecule has 0 heteroatoms. The summed E-state index contributed by atoms with van der Waals surface area (Å²) in [7, 11) is 0. The Morgan fingerprint density at radius 2 is 0.242 bits per heavy atom. The maximum Gasteiger partial charge on any atom is -0.00990 e. The number of hydrogen-bond acceptors (Lipinski definition) is 0. The first kappa shape index (κ1) is 85.6. The van der Waals surface area contributed by atoms with Gasteiger partial charge < -0.3 is 0 Å². The molecule has 25 aromatic carbocycles. The summed E-state index contributed by atoms with van der Waals surface area (Å²) < 4.78 is 0. The van der Waals surface area contributed by atoms with Crippen LogP contribution in [-0.4, -0.2) is 0 Å². The monoisotopic (exact) mass is 1680 g/mol. The van der Waals surface area contributed by atoms with E-state index in [1.165, 1.54) is 186 Å². The molecule has 0 amide bonds. The molecule has 0 saturated heterocycles. The Morgan fingerprint density at radius 1 is 0.0682 bits per heavy atom. The van der Waals surface area contributed by atoms with E-state index in [1.54, 1.807) is 0 Å². The van der Waals surface area contributed by atoms with Gasteiger partial charge in [0, 0.05) is 0 Å². The zero-order valence-electron chi connectivity index (χ0n) is 73.6. The first-order valence-electron chi connectivity index (χ1n) is 45.2. The van der Waals surface area contributed by atoms with Gasteiger partial charge in [-0.15, -0.1) is 0 Å². The summed E-state index contributed by atoms with van der Waals surface area (Å²) in [6.45, 7) is 0. The molecule has 0 aromatic heterocycles. The van der Waals surface area contributed by atoms with Gasteiger partial charge in [-0.05, 0) is 210 Å². The fraction of sp³-hybridized carbons (Fsp3) is 0. The Hall–Kier alpha value is -17.2. The van der Waals surface area contributed by atoms with Gasteiger partial charge in [-0.1, -0.05) is 570 Å². The minimum Gasteiger partial charge on any atom is -0.0622 e. The van der Waals surface area contributed by atoms with Crippen molar-refractivity contribution in [1.29, 1.82) is 0 Å². The van der Waals surface area contributed by atoms with Crippen LogP contribution in [0.4, 0.5) is 0 Å². The van der Waals surface area contributed by atoms with Crippen molar-refractivity contribution in [2.24, 2.45) is 0 Å². The van der Waals surface area contributed by atoms with Crippen LogP contribution < -0.4 is 0 Å². The second-order valence-corrected chi connectivity index (χ2v) is 32.4. The van der Waals surface area contributed by atoms with E-state index in [9.17, 15) is 0 Å². The molecule has 0 aliphatic heterocycles. The van der Waals surface area contributed by atoms with E-state index in [4.69, 9.17) is 0 Å². The molecule has 25 rings (SSSR count). The third-order valence-electron chi connectivity index (χ3n) is 23.9. The highest BCUT2D eigenvalue weighted by atomic mass is 14.1. The van der Waals surface area contributed by atoms with Gasteiger partial charge in [0.25, 0.3) is 0 Å². The quantitative estimate of drug-likeness (QED) is 0.105. The van der Waals surface area contributed by atoms with Crippen molar-refractivity contribution in [3.05, 3.63) is 595 Å². The fourth-order valence-electron chi connectivity index (χ4n) is 17.3. The Morgan fingerprint density at radius 3 is 0.568 bits per heavy atom. The molecule has 626 valence electrons. The summed E-state index contributed by atoms with van der Waals surface area (Å²) in [5, 5.41) is 23.8. The predicted octanol–water partition coefficient (Wildman–Crippen LogP) is 37.2. The van der Waals surface area contributed by atoms with E-state index >= 15 is 0 Å². The van der Waals surface area contributed by atoms with Gasteiger partial charge in [0.15, 0.2) is 0 Å². The molecule has 25 aromatic rings. The first-order valence-corrected chi connectivity index (χ1v) is 45.2. The summed E-state index contributed by atoms with van der Waals surface area (Å²) in [6.07, 6.45) is 0. The lowest BCUT2D eigenvalue weighted by Gasteiger charge is -2.09. The van der Waals surface area contributed by atoms with Crippen molar-refractivity contribution in [1.82, 2.24) is 0 Å². The molecule has 0 aliphatic rings. The first-order chi connectivity index (χ1) is 65.5. The molecule has 0 aliphatic carbocycles. The highest BCUT2D eigenvalue weighted by Crippen LogP contribution is 2.38. The third-order valence-corrected chi connectivity index (χ3v) is 23.9. The zero-order valence-corrected chi connectivity index (χ0v) is 73.6. The van der Waals surface area contributed by atoms with Crippen LogP contribution in [0.15, 0.2) is 595 Å². The summed E-state index contributed by atoms with van der Waals surface area (Å²) in [6, 6.07) is 209. The van der Waals surface area contributed by atoms with Crippen molar-refractivity contribution < 1.29 is 0 Å². The average molecular weight is 1680 g/mol. The lowest BCUT2D eigenvalue weighted by Crippen LogP contribution is -1.83. The minimum atomic E-state index is 1.26. The molecule has 0 atom stereocenters. The van der Waals surface area contributed by atoms with Crippen LogP contribution in [0.2, 0.25) is 0 Å². The maximum atomic E-state index is 2.24. The van der Waals surface area contributed by atoms with E-state index in [-0.39, 0.29) is 0 Å². The molecule has 0 saturated carbocycles. The molecular formula is C132H98. The van der Waals surface area contributed by atoms with Crippen molar-refractivity contribution in [3.8, 4) is 89.0 Å². The van der Waals surface area contributed by atoms with Gasteiger partial charge >= 0.3 is 0 Å². The molecular weight excluding hydrogens is 1590 g/mol. The normalized spacial score (nSPS) is 10.6. The lowest BCUT2D eigenvalue weighted by atomic mass is 9.95. The van der Waals surface area contributed by atoms with Crippen LogP contribution >= 0.6 is 0 Å². The number of benzene rings is 25. The Bertz CT molecular complexity index is 7420. The van der Waals surface area contributed by atoms with E-state index in [1.807, 2.05) is 30.3 Å². The summed E-state index contributed by atoms with van der Waals surface area (Å²) in [5.74, 6) is 0. The highest BCUT2D eigenvalue weighted by molar-refractivity contribution is 6.25. The van der Waals surface area contributed by atoms with Crippen LogP contribution in [0.3, 0.4) is 0 Å². The van der Waals surface area contributed by atoms with Crippen LogP contribution in [0.5, 0.6) is 0 Å². The lowest BCUT2D eigenvalue weighted by molar-refractivity contribution is 1.58. The summed E-state index contributed by atoms with van der Waals surface area (Å²) in [4.78, 5) is 0. The third kappa shape index (κ3) is 21.4. The van der Waals surface area contributed by atoms with Crippen LogP contribution in [0.25, 0.3) is 186 Å². The molecule has 0 fully saturated rings. The van der Waals surface area contributed by atoms with Crippen molar-refractivity contribution in [2.75, 3.05) is 0 Å². The maximum absolute atomic E-state index is 2.24. The molecule has 0 bridgehead atoms. The molecule has 0 spiro atoms. The van der Waals surface area contributed by atoms with Crippen molar-refractivity contribution >= 4 is 97.0 Å². The second-order valence-electron chi connectivity index (χ2n) is 32.4. The highest BCUT2D eigenvalue weighted by Gasteiger charge is 2.11. The summed E-state index contributed by atoms with van der Waals surface area (Å²) >= 11 is 0. The SMILES string of the molecule is c1ccc(-c2ccc(-c3ccccc3)cc2)cc1.c1ccc(-c2ccc3ccccc3c2)cc1.c1ccc(-c2cccc(-c3ccccc3)c2)cc1.c1ccc(-c2cccc3ccccc23)cc1.c1ccc(-c2ccccc2-c2ccccc2)cc1.c1ccc2c(c1)c1ccccc1c1ccccc21.c1ccc2c(c1)ccc1ccccc12.c1ccc2cc3ccccc3cc2c1. The van der Waals surface area contributed by atoms with Gasteiger partial charge in [0.1, 0.15) is 0 Å². The number of rotatable bonds is 8. The smallest absolute Gasteiger partial charge is 0.00990 e. The van der Waals surface area contributed by atoms with Gasteiger partial charge in [0.05, 0.1) is 0 Å². The summed E-state index contributed by atoms with van der Waals surface area (Å²) in [5.41, 5.74) is 20.3. The standard InChI is InChI=1S/C18H12.3C18H14.2C16H12.2C14H10/c1-2-8-14-13(7-1)15-9-3-4-11-17(15)18-12-6-5-10-16(14)18;1-3-9-15(10-4-1)17-13-7-8-14-18(17)16-11-5-2-6-12-16;1-3-8-15(9-4-1)17-12-7-13-18(14-17)16-10-5-2-6-11-16;1-3-7-15(8-4-1)17-11-13-18(14-12-17)16-9-5-2-6-10-16;1-2-7-13(8-3-1)16-12-6-10-14-9-4-5-11-15(14)16;1-2-6-13(7-3-1)16-11-10-14-8-4-5-9-15(14)12-16;1-3-7-13-11(5-1)9-10-12-6-2-4-8-14(12)13;1-2-6-12-10-14-8-4-3-7-13(14)9-11(12)5-1/h1-12H;3*1-14H;2*1-12H;2*1-10H. The van der Waals surface area contributed by atoms with Crippen molar-refractivity contribution in [3.63, 3.8) is 0 Å². The Kier molecular flexibility index (Phi) is 28.1. The molecule has 0 radical (unpaired) electrons. The van der Waals surface area contributed by atoms with Crippen LogP contribution in [0.1, 0.15) is 0 Å². The van der Waals surface area contributed by atoms with Crippen LogP contribution in [-0.2, 0) is 0 Å². The van der Waals surface area contributed by atoms with E-state index in [2.05, 4.69) is 564 Å². The second kappa shape index (κ2) is 43.4. The van der Waals surface area contributed by atoms with E-state index < -0.39 is 0 Å². The average Bonchev–Trinajstić information content (AvgIpc) is 0.747. The van der Waals surface area contributed by atoms with E-state index in [0.717, 1.165) is 0 Å². The molecule has 132 heavy (non-hydrogen) atoms.